The maximum atomic E-state index is 13.0. The molecule has 0 spiro atoms. The fourth-order valence-electron chi connectivity index (χ4n) is 3.41. The first-order chi connectivity index (χ1) is 16.3. The summed E-state index contributed by atoms with van der Waals surface area (Å²) in [6.07, 6.45) is 0. The summed E-state index contributed by atoms with van der Waals surface area (Å²) in [5.74, 6) is -0.930. The van der Waals surface area contributed by atoms with Gasteiger partial charge in [0.15, 0.2) is 0 Å². The molecule has 2 N–H and O–H groups in total. The van der Waals surface area contributed by atoms with E-state index in [2.05, 4.69) is 10.6 Å². The summed E-state index contributed by atoms with van der Waals surface area (Å²) >= 11 is 12.3. The first-order valence-corrected chi connectivity index (χ1v) is 10.9. The zero-order valence-corrected chi connectivity index (χ0v) is 19.7. The van der Waals surface area contributed by atoms with Gasteiger partial charge in [-0.05, 0) is 61.0 Å². The lowest BCUT2D eigenvalue weighted by Crippen LogP contribution is -2.32. The smallest absolute Gasteiger partial charge is 0.283 e. The number of carbonyl (C=O) groups excluding carboxylic acids is 3. The SMILES string of the molecule is COc1cccc(NC(=O)c2ccc(NC3=C(Cl)C(=O)N(c4cc(Cl)ccc4C)C3=O)cc2)c1. The molecule has 7 nitrogen and oxygen atoms in total. The molecule has 3 amide bonds. The van der Waals surface area contributed by atoms with E-state index in [0.717, 1.165) is 4.90 Å². The molecule has 1 aliphatic heterocycles. The number of halogens is 2. The molecule has 0 aromatic heterocycles. The van der Waals surface area contributed by atoms with E-state index in [1.807, 2.05) is 0 Å². The van der Waals surface area contributed by atoms with E-state index in [1.54, 1.807) is 74.7 Å². The van der Waals surface area contributed by atoms with Gasteiger partial charge in [0.25, 0.3) is 17.7 Å². The predicted molar refractivity (Wildman–Crippen MR) is 133 cm³/mol. The maximum absolute atomic E-state index is 13.0. The highest BCUT2D eigenvalue weighted by atomic mass is 35.5. The van der Waals surface area contributed by atoms with Gasteiger partial charge in [0.2, 0.25) is 0 Å². The summed E-state index contributed by atoms with van der Waals surface area (Å²) in [6, 6.07) is 18.3. The number of imide groups is 1. The zero-order valence-electron chi connectivity index (χ0n) is 18.2. The highest BCUT2D eigenvalue weighted by Gasteiger charge is 2.39. The number of nitrogens with zero attached hydrogens (tertiary/aromatic N) is 1. The van der Waals surface area contributed by atoms with Crippen molar-refractivity contribution in [3.63, 3.8) is 0 Å². The van der Waals surface area contributed by atoms with Crippen LogP contribution in [0.25, 0.3) is 0 Å². The van der Waals surface area contributed by atoms with Gasteiger partial charge in [-0.3, -0.25) is 14.4 Å². The van der Waals surface area contributed by atoms with Crippen LogP contribution in [0.4, 0.5) is 17.1 Å². The molecule has 34 heavy (non-hydrogen) atoms. The van der Waals surface area contributed by atoms with Gasteiger partial charge in [0, 0.05) is 28.0 Å². The topological polar surface area (TPSA) is 87.7 Å². The standard InChI is InChI=1S/C25H19Cl2N3O4/c1-14-6-9-16(26)12-20(14)30-24(32)21(27)22(25(30)33)28-17-10-7-15(8-11-17)23(31)29-18-4-3-5-19(13-18)34-2/h3-13,28H,1-2H3,(H,29,31). The Morgan fingerprint density at radius 2 is 1.65 bits per heavy atom. The number of methoxy groups -OCH3 is 1. The van der Waals surface area contributed by atoms with Crippen LogP contribution in [0.1, 0.15) is 15.9 Å². The fourth-order valence-corrected chi connectivity index (χ4v) is 3.79. The molecule has 0 saturated heterocycles. The molecule has 0 bridgehead atoms. The van der Waals surface area contributed by atoms with Crippen LogP contribution in [-0.2, 0) is 9.59 Å². The van der Waals surface area contributed by atoms with E-state index < -0.39 is 11.8 Å². The molecule has 3 aromatic carbocycles. The number of hydrogen-bond acceptors (Lipinski definition) is 5. The number of rotatable bonds is 6. The van der Waals surface area contributed by atoms with E-state index in [1.165, 1.54) is 6.07 Å². The third-order valence-electron chi connectivity index (χ3n) is 5.18. The fraction of sp³-hybridized carbons (Fsp3) is 0.0800. The second-order valence-corrected chi connectivity index (χ2v) is 8.27. The summed E-state index contributed by atoms with van der Waals surface area (Å²) in [5.41, 5.74) is 2.48. The third kappa shape index (κ3) is 4.62. The number of benzene rings is 3. The number of ether oxygens (including phenoxy) is 1. The Morgan fingerprint density at radius 1 is 0.912 bits per heavy atom. The molecular weight excluding hydrogens is 477 g/mol. The minimum atomic E-state index is -0.645. The van der Waals surface area contributed by atoms with Crippen molar-refractivity contribution in [3.05, 3.63) is 93.6 Å². The molecule has 4 rings (SSSR count). The van der Waals surface area contributed by atoms with E-state index >= 15 is 0 Å². The Morgan fingerprint density at radius 3 is 2.35 bits per heavy atom. The lowest BCUT2D eigenvalue weighted by atomic mass is 10.1. The lowest BCUT2D eigenvalue weighted by molar-refractivity contribution is -0.120. The van der Waals surface area contributed by atoms with Gasteiger partial charge in [-0.1, -0.05) is 35.3 Å². The van der Waals surface area contributed by atoms with Crippen molar-refractivity contribution in [2.24, 2.45) is 0 Å². The first-order valence-electron chi connectivity index (χ1n) is 10.2. The van der Waals surface area contributed by atoms with Gasteiger partial charge in [0.05, 0.1) is 12.8 Å². The first kappa shape index (κ1) is 23.4. The van der Waals surface area contributed by atoms with Crippen molar-refractivity contribution in [3.8, 4) is 5.75 Å². The quantitative estimate of drug-likeness (QED) is 0.450. The molecule has 0 aliphatic carbocycles. The maximum Gasteiger partial charge on any atom is 0.283 e. The van der Waals surface area contributed by atoms with Gasteiger partial charge < -0.3 is 15.4 Å². The van der Waals surface area contributed by atoms with E-state index in [9.17, 15) is 14.4 Å². The Balaban J connectivity index is 1.49. The Hall–Kier alpha value is -3.81. The second kappa shape index (κ2) is 9.59. The van der Waals surface area contributed by atoms with Gasteiger partial charge >= 0.3 is 0 Å². The minimum absolute atomic E-state index is 0.0559. The number of hydrogen-bond donors (Lipinski definition) is 2. The molecule has 1 heterocycles. The molecule has 9 heteroatoms. The van der Waals surface area contributed by atoms with Crippen LogP contribution in [0.2, 0.25) is 5.02 Å². The van der Waals surface area contributed by atoms with Gasteiger partial charge in [-0.25, -0.2) is 4.90 Å². The average Bonchev–Trinajstić information content (AvgIpc) is 3.04. The number of amides is 3. The van der Waals surface area contributed by atoms with Crippen LogP contribution in [0, 0.1) is 6.92 Å². The summed E-state index contributed by atoms with van der Waals surface area (Å²) in [5, 5.41) is 5.84. The van der Waals surface area contributed by atoms with Crippen molar-refractivity contribution >= 4 is 58.0 Å². The van der Waals surface area contributed by atoms with Gasteiger partial charge in [0.1, 0.15) is 16.5 Å². The van der Waals surface area contributed by atoms with Crippen molar-refractivity contribution in [1.29, 1.82) is 0 Å². The molecule has 0 fully saturated rings. The van der Waals surface area contributed by atoms with Gasteiger partial charge in [-0.15, -0.1) is 0 Å². The number of nitrogens with one attached hydrogen (secondary N) is 2. The Bertz CT molecular complexity index is 1340. The van der Waals surface area contributed by atoms with Crippen molar-refractivity contribution in [2.45, 2.75) is 6.92 Å². The normalized spacial score (nSPS) is 13.4. The second-order valence-electron chi connectivity index (χ2n) is 7.45. The lowest BCUT2D eigenvalue weighted by Gasteiger charge is -2.17. The van der Waals surface area contributed by atoms with E-state index in [4.69, 9.17) is 27.9 Å². The van der Waals surface area contributed by atoms with Crippen LogP contribution in [0.5, 0.6) is 5.75 Å². The third-order valence-corrected chi connectivity index (χ3v) is 5.77. The summed E-state index contributed by atoms with van der Waals surface area (Å²) in [7, 11) is 1.55. The largest absolute Gasteiger partial charge is 0.497 e. The number of carbonyl (C=O) groups is 3. The van der Waals surface area contributed by atoms with E-state index in [-0.39, 0.29) is 16.6 Å². The molecule has 0 radical (unpaired) electrons. The Kier molecular flexibility index (Phi) is 6.58. The highest BCUT2D eigenvalue weighted by Crippen LogP contribution is 2.33. The average molecular weight is 496 g/mol. The molecule has 3 aromatic rings. The van der Waals surface area contributed by atoms with Gasteiger partial charge in [-0.2, -0.15) is 0 Å². The van der Waals surface area contributed by atoms with Crippen LogP contribution < -0.4 is 20.3 Å². The molecule has 172 valence electrons. The summed E-state index contributed by atoms with van der Waals surface area (Å²) in [6.45, 7) is 1.76. The predicted octanol–water partition coefficient (Wildman–Crippen LogP) is 5.35. The Labute approximate surface area is 205 Å². The number of aryl methyl sites for hydroxylation is 1. The van der Waals surface area contributed by atoms with Crippen molar-refractivity contribution in [2.75, 3.05) is 22.6 Å². The summed E-state index contributed by atoms with van der Waals surface area (Å²) in [4.78, 5) is 39.3. The molecule has 0 saturated carbocycles. The molecular formula is C25H19Cl2N3O4. The van der Waals surface area contributed by atoms with Crippen LogP contribution in [-0.4, -0.2) is 24.8 Å². The molecule has 1 aliphatic rings. The molecule has 0 unspecified atom stereocenters. The monoisotopic (exact) mass is 495 g/mol. The van der Waals surface area contributed by atoms with Crippen LogP contribution >= 0.6 is 23.2 Å². The van der Waals surface area contributed by atoms with E-state index in [0.29, 0.717) is 39.0 Å². The van der Waals surface area contributed by atoms with Crippen molar-refractivity contribution < 1.29 is 19.1 Å². The van der Waals surface area contributed by atoms with Crippen LogP contribution in [0.3, 0.4) is 0 Å². The summed E-state index contributed by atoms with van der Waals surface area (Å²) < 4.78 is 5.16. The zero-order chi connectivity index (χ0) is 24.4. The van der Waals surface area contributed by atoms with Crippen LogP contribution in [0.15, 0.2) is 77.5 Å². The highest BCUT2D eigenvalue weighted by molar-refractivity contribution is 6.53. The number of anilines is 3. The minimum Gasteiger partial charge on any atom is -0.497 e. The van der Waals surface area contributed by atoms with Crippen molar-refractivity contribution in [1.82, 2.24) is 0 Å². The molecule has 0 atom stereocenters.